The van der Waals surface area contributed by atoms with Crippen molar-refractivity contribution < 1.29 is 0 Å². The van der Waals surface area contributed by atoms with Crippen LogP contribution < -0.4 is 15.0 Å². The molecule has 5 nitrogen and oxygen atoms in total. The Morgan fingerprint density at radius 3 is 2.43 bits per heavy atom. The summed E-state index contributed by atoms with van der Waals surface area (Å²) in [5.41, 5.74) is 4.11. The van der Waals surface area contributed by atoms with E-state index >= 15 is 0 Å². The van der Waals surface area contributed by atoms with Crippen LogP contribution in [0.1, 0.15) is 25.0 Å². The van der Waals surface area contributed by atoms with Crippen molar-refractivity contribution >= 4 is 28.1 Å². The van der Waals surface area contributed by atoms with Gasteiger partial charge >= 0.3 is 0 Å². The van der Waals surface area contributed by atoms with Gasteiger partial charge in [0.25, 0.3) is 5.56 Å². The van der Waals surface area contributed by atoms with Crippen LogP contribution in [-0.2, 0) is 0 Å². The van der Waals surface area contributed by atoms with Crippen molar-refractivity contribution in [3.63, 3.8) is 0 Å². The van der Waals surface area contributed by atoms with Crippen LogP contribution in [0.3, 0.4) is 0 Å². The summed E-state index contributed by atoms with van der Waals surface area (Å²) in [6.45, 7) is 8.26. The molecule has 0 fully saturated rings. The second kappa shape index (κ2) is 7.56. The first-order valence-corrected chi connectivity index (χ1v) is 10.2. The van der Waals surface area contributed by atoms with Gasteiger partial charge in [-0.05, 0) is 50.1 Å². The molecule has 0 saturated carbocycles. The van der Waals surface area contributed by atoms with Gasteiger partial charge in [0, 0.05) is 24.3 Å². The van der Waals surface area contributed by atoms with Crippen molar-refractivity contribution in [1.82, 2.24) is 14.6 Å². The molecule has 6 heteroatoms. The van der Waals surface area contributed by atoms with Gasteiger partial charge in [-0.1, -0.05) is 47.7 Å². The molecule has 2 aromatic heterocycles. The molecule has 0 saturated heterocycles. The quantitative estimate of drug-likeness (QED) is 0.523. The molecule has 0 unspecified atom stereocenters. The minimum atomic E-state index is -0.125. The van der Waals surface area contributed by atoms with Crippen LogP contribution in [0, 0.1) is 6.92 Å². The number of hydrogen-bond donors (Lipinski definition) is 0. The van der Waals surface area contributed by atoms with Gasteiger partial charge in [-0.3, -0.25) is 4.79 Å². The van der Waals surface area contributed by atoms with Gasteiger partial charge < -0.3 is 4.90 Å². The standard InChI is InChI=1S/C22H22N4OS/c1-4-25(5-2)17-12-10-16(11-13-17)14-19-21(27)26-22(28-19)23-20(24-26)18-9-7-6-8-15(18)3/h6-14H,4-5H2,1-3H3. The second-order valence-electron chi connectivity index (χ2n) is 6.62. The summed E-state index contributed by atoms with van der Waals surface area (Å²) in [4.78, 5) is 20.2. The SMILES string of the molecule is CCN(CC)c1ccc(C=c2sc3nc(-c4ccccc4C)nn3c2=O)cc1. The fourth-order valence-electron chi connectivity index (χ4n) is 3.29. The molecule has 2 aromatic carbocycles. The summed E-state index contributed by atoms with van der Waals surface area (Å²) in [5, 5.41) is 4.44. The molecule has 0 amide bonds. The number of rotatable bonds is 5. The summed E-state index contributed by atoms with van der Waals surface area (Å²) < 4.78 is 2.05. The van der Waals surface area contributed by atoms with Gasteiger partial charge in [0.2, 0.25) is 4.96 Å². The Hall–Kier alpha value is -2.99. The van der Waals surface area contributed by atoms with Gasteiger partial charge in [-0.25, -0.2) is 0 Å². The number of benzene rings is 2. The molecule has 28 heavy (non-hydrogen) atoms. The Morgan fingerprint density at radius 1 is 1.07 bits per heavy atom. The Bertz CT molecular complexity index is 1220. The van der Waals surface area contributed by atoms with E-state index in [0.29, 0.717) is 15.3 Å². The maximum Gasteiger partial charge on any atom is 0.291 e. The molecule has 4 rings (SSSR count). The summed E-state index contributed by atoms with van der Waals surface area (Å²) >= 11 is 1.37. The molecule has 2 heterocycles. The lowest BCUT2D eigenvalue weighted by atomic mass is 10.1. The lowest BCUT2D eigenvalue weighted by molar-refractivity contribution is 0.866. The van der Waals surface area contributed by atoms with Gasteiger partial charge in [0.05, 0.1) is 4.53 Å². The molecule has 4 aromatic rings. The minimum Gasteiger partial charge on any atom is -0.372 e. The fourth-order valence-corrected chi connectivity index (χ4v) is 4.20. The third kappa shape index (κ3) is 3.31. The molecular formula is C22H22N4OS. The van der Waals surface area contributed by atoms with Gasteiger partial charge in [-0.15, -0.1) is 5.10 Å². The number of aromatic nitrogens is 3. The summed E-state index contributed by atoms with van der Waals surface area (Å²) in [7, 11) is 0. The molecule has 0 aliphatic heterocycles. The van der Waals surface area contributed by atoms with Crippen LogP contribution in [0.5, 0.6) is 0 Å². The van der Waals surface area contributed by atoms with E-state index in [4.69, 9.17) is 0 Å². The molecule has 0 N–H and O–H groups in total. The zero-order chi connectivity index (χ0) is 19.7. The summed E-state index contributed by atoms with van der Waals surface area (Å²) in [6, 6.07) is 16.2. The molecular weight excluding hydrogens is 368 g/mol. The van der Waals surface area contributed by atoms with Gasteiger partial charge in [-0.2, -0.15) is 9.50 Å². The smallest absolute Gasteiger partial charge is 0.291 e. The highest BCUT2D eigenvalue weighted by molar-refractivity contribution is 7.15. The number of thiazole rings is 1. The van der Waals surface area contributed by atoms with Crippen LogP contribution in [0.25, 0.3) is 22.4 Å². The lowest BCUT2D eigenvalue weighted by Crippen LogP contribution is -2.23. The molecule has 0 spiro atoms. The van der Waals surface area contributed by atoms with Crippen molar-refractivity contribution in [3.8, 4) is 11.4 Å². The van der Waals surface area contributed by atoms with E-state index < -0.39 is 0 Å². The van der Waals surface area contributed by atoms with E-state index in [9.17, 15) is 4.79 Å². The number of nitrogens with zero attached hydrogens (tertiary/aromatic N) is 4. The molecule has 0 aliphatic carbocycles. The van der Waals surface area contributed by atoms with Crippen LogP contribution in [0.4, 0.5) is 5.69 Å². The molecule has 142 valence electrons. The van der Waals surface area contributed by atoms with Crippen molar-refractivity contribution in [3.05, 3.63) is 74.5 Å². The van der Waals surface area contributed by atoms with Crippen molar-refractivity contribution in [2.75, 3.05) is 18.0 Å². The van der Waals surface area contributed by atoms with Gasteiger partial charge in [0.15, 0.2) is 5.82 Å². The van der Waals surface area contributed by atoms with Crippen LogP contribution >= 0.6 is 11.3 Å². The zero-order valence-electron chi connectivity index (χ0n) is 16.2. The highest BCUT2D eigenvalue weighted by Crippen LogP contribution is 2.20. The van der Waals surface area contributed by atoms with E-state index in [0.717, 1.165) is 29.8 Å². The van der Waals surface area contributed by atoms with E-state index in [2.05, 4.69) is 41.0 Å². The first kappa shape index (κ1) is 18.4. The van der Waals surface area contributed by atoms with Crippen LogP contribution in [0.15, 0.2) is 53.3 Å². The highest BCUT2D eigenvalue weighted by atomic mass is 32.1. The first-order valence-electron chi connectivity index (χ1n) is 9.43. The second-order valence-corrected chi connectivity index (χ2v) is 7.63. The van der Waals surface area contributed by atoms with Crippen molar-refractivity contribution in [1.29, 1.82) is 0 Å². The maximum absolute atomic E-state index is 12.8. The number of hydrogen-bond acceptors (Lipinski definition) is 5. The van der Waals surface area contributed by atoms with Crippen molar-refractivity contribution in [2.24, 2.45) is 0 Å². The summed E-state index contributed by atoms with van der Waals surface area (Å²) in [5.74, 6) is 0.594. The van der Waals surface area contributed by atoms with E-state index in [1.807, 2.05) is 49.4 Å². The Morgan fingerprint density at radius 2 is 1.79 bits per heavy atom. The van der Waals surface area contributed by atoms with Crippen molar-refractivity contribution in [2.45, 2.75) is 20.8 Å². The molecule has 0 bridgehead atoms. The fraction of sp³-hybridized carbons (Fsp3) is 0.227. The Kier molecular flexibility index (Phi) is 4.96. The average Bonchev–Trinajstić information content (AvgIpc) is 3.24. The monoisotopic (exact) mass is 390 g/mol. The van der Waals surface area contributed by atoms with E-state index in [1.54, 1.807) is 0 Å². The van der Waals surface area contributed by atoms with Crippen LogP contribution in [-0.4, -0.2) is 27.7 Å². The zero-order valence-corrected chi connectivity index (χ0v) is 17.0. The summed E-state index contributed by atoms with van der Waals surface area (Å²) in [6.07, 6.45) is 1.91. The third-order valence-electron chi connectivity index (χ3n) is 4.89. The Labute approximate surface area is 167 Å². The van der Waals surface area contributed by atoms with E-state index in [-0.39, 0.29) is 5.56 Å². The van der Waals surface area contributed by atoms with Crippen LogP contribution in [0.2, 0.25) is 0 Å². The van der Waals surface area contributed by atoms with Gasteiger partial charge in [0.1, 0.15) is 0 Å². The van der Waals surface area contributed by atoms with E-state index in [1.165, 1.54) is 21.5 Å². The molecule has 0 atom stereocenters. The number of fused-ring (bicyclic) bond motifs is 1. The lowest BCUT2D eigenvalue weighted by Gasteiger charge is -2.20. The maximum atomic E-state index is 12.8. The minimum absolute atomic E-state index is 0.125. The first-order chi connectivity index (χ1) is 13.6. The molecule has 0 radical (unpaired) electrons. The molecule has 0 aliphatic rings. The average molecular weight is 391 g/mol. The third-order valence-corrected chi connectivity index (χ3v) is 5.85. The Balaban J connectivity index is 1.70. The largest absolute Gasteiger partial charge is 0.372 e. The number of aryl methyl sites for hydroxylation is 1. The normalized spacial score (nSPS) is 12.0. The topological polar surface area (TPSA) is 50.5 Å². The highest BCUT2D eigenvalue weighted by Gasteiger charge is 2.13. The predicted molar refractivity (Wildman–Crippen MR) is 116 cm³/mol. The predicted octanol–water partition coefficient (Wildman–Crippen LogP) is 3.52. The number of anilines is 1.